The molecule has 0 heterocycles. The molecule has 2 unspecified atom stereocenters. The maximum atomic E-state index is 13.4. The quantitative estimate of drug-likeness (QED) is 0.505. The minimum absolute atomic E-state index is 0.291. The average molecular weight is 436 g/mol. The molecule has 2 atom stereocenters. The third kappa shape index (κ3) is 2.53. The van der Waals surface area contributed by atoms with Crippen LogP contribution in [-0.4, -0.2) is 27.2 Å². The summed E-state index contributed by atoms with van der Waals surface area (Å²) < 4.78 is 0. The Morgan fingerprint density at radius 1 is 0.742 bits per heavy atom. The molecule has 0 aromatic heterocycles. The zero-order valence-electron chi connectivity index (χ0n) is 16.1. The van der Waals surface area contributed by atoms with E-state index in [1.54, 1.807) is 72.8 Å². The number of hydrogen-bond donors (Lipinski definition) is 4. The topological polar surface area (TPSA) is 107 Å². The standard InChI is InChI=1S/C24H18ClNO5/c25-13-9-11-14(12-10-13)26-21(27)19-20(22(28)29)24(31)17-7-3-1-5-15(17)23(19,30)16-6-2-4-8-18(16)24/h1-12,19-20,30-31H,(H,26,27)(H,28,29). The van der Waals surface area contributed by atoms with Gasteiger partial charge in [0.05, 0.1) is 5.92 Å². The minimum atomic E-state index is -1.98. The average Bonchev–Trinajstić information content (AvgIpc) is 2.77. The summed E-state index contributed by atoms with van der Waals surface area (Å²) in [5.74, 6) is -5.16. The second kappa shape index (κ2) is 6.65. The fourth-order valence-corrected chi connectivity index (χ4v) is 5.28. The Labute approximate surface area is 182 Å². The number of carboxylic acid groups (broad SMARTS) is 1. The van der Waals surface area contributed by atoms with E-state index in [0.717, 1.165) is 0 Å². The van der Waals surface area contributed by atoms with Gasteiger partial charge in [0.1, 0.15) is 17.1 Å². The molecule has 3 aromatic carbocycles. The van der Waals surface area contributed by atoms with Gasteiger partial charge in [0.15, 0.2) is 0 Å². The van der Waals surface area contributed by atoms with Crippen molar-refractivity contribution in [3.63, 3.8) is 0 Å². The lowest BCUT2D eigenvalue weighted by atomic mass is 9.49. The van der Waals surface area contributed by atoms with Crippen LogP contribution in [0.5, 0.6) is 0 Å². The SMILES string of the molecule is O=C(O)C1C(C(=O)Nc2ccc(Cl)cc2)C2(O)c3ccccc3C1(O)c1ccccc12. The predicted molar refractivity (Wildman–Crippen MR) is 114 cm³/mol. The highest BCUT2D eigenvalue weighted by atomic mass is 35.5. The van der Waals surface area contributed by atoms with Gasteiger partial charge in [0.25, 0.3) is 0 Å². The van der Waals surface area contributed by atoms with E-state index < -0.39 is 34.9 Å². The first-order valence-corrected chi connectivity index (χ1v) is 10.1. The lowest BCUT2D eigenvalue weighted by molar-refractivity contribution is -0.178. The van der Waals surface area contributed by atoms with E-state index in [-0.39, 0.29) is 0 Å². The van der Waals surface area contributed by atoms with Crippen molar-refractivity contribution in [3.05, 3.63) is 100 Å². The number of carbonyl (C=O) groups excluding carboxylic acids is 1. The molecule has 31 heavy (non-hydrogen) atoms. The molecule has 156 valence electrons. The van der Waals surface area contributed by atoms with Crippen molar-refractivity contribution in [3.8, 4) is 0 Å². The van der Waals surface area contributed by atoms with Crippen LogP contribution >= 0.6 is 11.6 Å². The number of rotatable bonds is 3. The summed E-state index contributed by atoms with van der Waals surface area (Å²) >= 11 is 5.90. The Balaban J connectivity index is 1.75. The van der Waals surface area contributed by atoms with Gasteiger partial charge in [-0.15, -0.1) is 0 Å². The van der Waals surface area contributed by atoms with Crippen LogP contribution in [0.3, 0.4) is 0 Å². The number of aliphatic carboxylic acids is 1. The summed E-state index contributed by atoms with van der Waals surface area (Å²) in [6.45, 7) is 0. The van der Waals surface area contributed by atoms with Crippen molar-refractivity contribution in [1.82, 2.24) is 0 Å². The monoisotopic (exact) mass is 435 g/mol. The van der Waals surface area contributed by atoms with Crippen LogP contribution < -0.4 is 5.32 Å². The van der Waals surface area contributed by atoms with Crippen molar-refractivity contribution in [2.24, 2.45) is 11.8 Å². The maximum Gasteiger partial charge on any atom is 0.311 e. The van der Waals surface area contributed by atoms with E-state index in [4.69, 9.17) is 11.6 Å². The molecular weight excluding hydrogens is 418 g/mol. The smallest absolute Gasteiger partial charge is 0.311 e. The maximum absolute atomic E-state index is 13.4. The van der Waals surface area contributed by atoms with Gasteiger partial charge < -0.3 is 20.6 Å². The van der Waals surface area contributed by atoms with Gasteiger partial charge in [-0.3, -0.25) is 9.59 Å². The molecular formula is C24H18ClNO5. The van der Waals surface area contributed by atoms with Crippen molar-refractivity contribution in [1.29, 1.82) is 0 Å². The lowest BCUT2D eigenvalue weighted by Gasteiger charge is -2.57. The summed E-state index contributed by atoms with van der Waals surface area (Å²) in [6.07, 6.45) is 0. The normalized spacial score (nSPS) is 27.8. The molecule has 0 aliphatic heterocycles. The van der Waals surface area contributed by atoms with Crippen LogP contribution in [0.15, 0.2) is 72.8 Å². The van der Waals surface area contributed by atoms with Crippen LogP contribution in [0.2, 0.25) is 5.02 Å². The number of halogens is 1. The Morgan fingerprint density at radius 3 is 1.58 bits per heavy atom. The van der Waals surface area contributed by atoms with Gasteiger partial charge >= 0.3 is 5.97 Å². The summed E-state index contributed by atoms with van der Waals surface area (Å²) in [5.41, 5.74) is -2.28. The van der Waals surface area contributed by atoms with E-state index in [2.05, 4.69) is 5.32 Å². The second-order valence-electron chi connectivity index (χ2n) is 7.91. The number of aliphatic hydroxyl groups is 2. The third-order valence-corrected chi connectivity index (χ3v) is 6.64. The van der Waals surface area contributed by atoms with Crippen molar-refractivity contribution >= 4 is 29.2 Å². The highest BCUT2D eigenvalue weighted by molar-refractivity contribution is 6.30. The van der Waals surface area contributed by atoms with Gasteiger partial charge in [-0.25, -0.2) is 0 Å². The van der Waals surface area contributed by atoms with E-state index in [1.165, 1.54) is 0 Å². The number of amides is 1. The number of anilines is 1. The fourth-order valence-electron chi connectivity index (χ4n) is 5.15. The Kier molecular flexibility index (Phi) is 4.24. The zero-order valence-corrected chi connectivity index (χ0v) is 16.9. The van der Waals surface area contributed by atoms with Crippen LogP contribution in [0.4, 0.5) is 5.69 Å². The Hall–Kier alpha value is -3.19. The molecule has 3 aliphatic carbocycles. The highest BCUT2D eigenvalue weighted by Gasteiger charge is 2.69. The van der Waals surface area contributed by atoms with Gasteiger partial charge in [-0.05, 0) is 46.5 Å². The largest absolute Gasteiger partial charge is 0.481 e. The van der Waals surface area contributed by atoms with E-state index in [1.807, 2.05) is 0 Å². The molecule has 4 N–H and O–H groups in total. The first kappa shape index (κ1) is 19.8. The summed E-state index contributed by atoms with van der Waals surface area (Å²) in [6, 6.07) is 19.5. The molecule has 0 fully saturated rings. The molecule has 3 aromatic rings. The van der Waals surface area contributed by atoms with Crippen molar-refractivity contribution < 1.29 is 24.9 Å². The molecule has 0 saturated heterocycles. The lowest BCUT2D eigenvalue weighted by Crippen LogP contribution is -2.65. The zero-order chi connectivity index (χ0) is 22.0. The number of benzene rings is 3. The van der Waals surface area contributed by atoms with Crippen molar-refractivity contribution in [2.75, 3.05) is 5.32 Å². The first-order chi connectivity index (χ1) is 14.8. The molecule has 1 amide bonds. The molecule has 0 radical (unpaired) electrons. The van der Waals surface area contributed by atoms with Crippen molar-refractivity contribution in [2.45, 2.75) is 11.2 Å². The van der Waals surface area contributed by atoms with E-state index in [0.29, 0.717) is 33.0 Å². The van der Waals surface area contributed by atoms with Gasteiger partial charge in [-0.1, -0.05) is 60.1 Å². The Morgan fingerprint density at radius 2 is 1.16 bits per heavy atom. The molecule has 7 heteroatoms. The fraction of sp³-hybridized carbons (Fsp3) is 0.167. The minimum Gasteiger partial charge on any atom is -0.481 e. The number of carbonyl (C=O) groups is 2. The summed E-state index contributed by atoms with van der Waals surface area (Å²) in [4.78, 5) is 25.9. The van der Waals surface area contributed by atoms with Crippen LogP contribution in [0.25, 0.3) is 0 Å². The number of carboxylic acids is 1. The summed E-state index contributed by atoms with van der Waals surface area (Å²) in [7, 11) is 0. The molecule has 3 aliphatic rings. The molecule has 0 spiro atoms. The number of fused-ring (bicyclic) bond motifs is 1. The Bertz CT molecular complexity index is 1180. The van der Waals surface area contributed by atoms with Crippen LogP contribution in [0, 0.1) is 11.8 Å². The van der Waals surface area contributed by atoms with Crippen LogP contribution in [0.1, 0.15) is 22.3 Å². The third-order valence-electron chi connectivity index (χ3n) is 6.39. The highest BCUT2D eigenvalue weighted by Crippen LogP contribution is 2.62. The van der Waals surface area contributed by atoms with Gasteiger partial charge in [0, 0.05) is 10.7 Å². The molecule has 2 bridgehead atoms. The molecule has 0 saturated carbocycles. The van der Waals surface area contributed by atoms with E-state index >= 15 is 0 Å². The predicted octanol–water partition coefficient (Wildman–Crippen LogP) is 3.09. The summed E-state index contributed by atoms with van der Waals surface area (Å²) in [5, 5.41) is 37.3. The first-order valence-electron chi connectivity index (χ1n) is 9.73. The van der Waals surface area contributed by atoms with Gasteiger partial charge in [-0.2, -0.15) is 0 Å². The van der Waals surface area contributed by atoms with Crippen LogP contribution in [-0.2, 0) is 20.8 Å². The number of hydrogen-bond acceptors (Lipinski definition) is 4. The van der Waals surface area contributed by atoms with Gasteiger partial charge in [0.2, 0.25) is 5.91 Å². The second-order valence-corrected chi connectivity index (χ2v) is 8.35. The van der Waals surface area contributed by atoms with E-state index in [9.17, 15) is 24.9 Å². The number of nitrogens with one attached hydrogen (secondary N) is 1. The molecule has 6 nitrogen and oxygen atoms in total. The molecule has 6 rings (SSSR count).